The van der Waals surface area contributed by atoms with Crippen molar-refractivity contribution in [3.8, 4) is 11.5 Å². The first kappa shape index (κ1) is 31.5. The van der Waals surface area contributed by atoms with E-state index in [0.29, 0.717) is 37.7 Å². The molecule has 0 fully saturated rings. The van der Waals surface area contributed by atoms with E-state index in [1.165, 1.54) is 0 Å². The lowest BCUT2D eigenvalue weighted by Gasteiger charge is -2.21. The number of nitrogens with zero attached hydrogens (tertiary/aromatic N) is 3. The molecule has 0 aromatic carbocycles. The fourth-order valence-corrected chi connectivity index (χ4v) is 6.93. The number of rotatable bonds is 16. The Balaban J connectivity index is 1.03. The molecule has 0 radical (unpaired) electrons. The summed E-state index contributed by atoms with van der Waals surface area (Å²) in [6.45, 7) is 2.40. The molecule has 2 amide bonds. The zero-order valence-electron chi connectivity index (χ0n) is 23.7. The van der Waals surface area contributed by atoms with Crippen LogP contribution in [-0.4, -0.2) is 53.4 Å². The summed E-state index contributed by atoms with van der Waals surface area (Å²) in [5.74, 6) is 0.949. The van der Waals surface area contributed by atoms with Crippen LogP contribution in [0.2, 0.25) is 0 Å². The van der Waals surface area contributed by atoms with Gasteiger partial charge in [-0.25, -0.2) is 9.59 Å². The molecule has 0 aliphatic carbocycles. The summed E-state index contributed by atoms with van der Waals surface area (Å²) in [4.78, 5) is 37.6. The van der Waals surface area contributed by atoms with Gasteiger partial charge < -0.3 is 18.9 Å². The van der Waals surface area contributed by atoms with Crippen LogP contribution in [0.1, 0.15) is 19.5 Å². The normalized spacial score (nSPS) is 10.7. The highest BCUT2D eigenvalue weighted by Gasteiger charge is 2.18. The van der Waals surface area contributed by atoms with Gasteiger partial charge in [-0.2, -0.15) is 0 Å². The van der Waals surface area contributed by atoms with E-state index >= 15 is 0 Å². The lowest BCUT2D eigenvalue weighted by molar-refractivity contribution is 0.0834. The largest absolute Gasteiger partial charge is 0.488 e. The number of hydrogen-bond donors (Lipinski definition) is 0. The minimum absolute atomic E-state index is 0.0820. The number of amides is 2. The van der Waals surface area contributed by atoms with Gasteiger partial charge in [-0.3, -0.25) is 14.8 Å². The van der Waals surface area contributed by atoms with Gasteiger partial charge in [0.05, 0.1) is 38.6 Å². The molecule has 0 N–H and O–H groups in total. The Morgan fingerprint density at radius 2 is 0.932 bits per heavy atom. The maximum atomic E-state index is 12.8. The molecule has 5 heterocycles. The quantitative estimate of drug-likeness (QED) is 0.0992. The molecule has 5 aromatic rings. The Labute approximate surface area is 271 Å². The van der Waals surface area contributed by atoms with Gasteiger partial charge in [-0.05, 0) is 45.8 Å². The van der Waals surface area contributed by atoms with Crippen LogP contribution in [0, 0.1) is 0 Å². The van der Waals surface area contributed by atoms with Gasteiger partial charge in [-0.1, -0.05) is 24.3 Å². The van der Waals surface area contributed by atoms with Crippen molar-refractivity contribution in [1.29, 1.82) is 0 Å². The average Bonchev–Trinajstić information content (AvgIpc) is 3.86. The van der Waals surface area contributed by atoms with E-state index in [9.17, 15) is 9.59 Å². The van der Waals surface area contributed by atoms with Gasteiger partial charge in [0, 0.05) is 25.6 Å². The van der Waals surface area contributed by atoms with E-state index in [4.69, 9.17) is 18.9 Å². The second kappa shape index (κ2) is 16.8. The van der Waals surface area contributed by atoms with Crippen LogP contribution in [0.15, 0.2) is 88.5 Å². The van der Waals surface area contributed by atoms with Crippen molar-refractivity contribution >= 4 is 57.5 Å². The van der Waals surface area contributed by atoms with Crippen molar-refractivity contribution in [3.63, 3.8) is 0 Å². The number of ether oxygens (including phenoxy) is 4. The van der Waals surface area contributed by atoms with Gasteiger partial charge in [0.1, 0.15) is 37.9 Å². The second-order valence-corrected chi connectivity index (χ2v) is 13.4. The standard InChI is InChI=1S/C31H31N3O6S4/c35-30(33(20-26-5-1-13-41-26)21-27-6-2-14-42-27)39-11-9-37-24-17-25(19-32-18-24)38-10-12-40-31(36)34(22-28-7-3-15-43-28)23-29-8-4-16-44-29/h1-8,13-19H,9-12,20-23H2. The van der Waals surface area contributed by atoms with Crippen LogP contribution in [0.5, 0.6) is 11.5 Å². The molecule has 0 spiro atoms. The van der Waals surface area contributed by atoms with E-state index in [-0.39, 0.29) is 26.4 Å². The molecule has 0 saturated carbocycles. The van der Waals surface area contributed by atoms with Crippen LogP contribution < -0.4 is 9.47 Å². The Morgan fingerprint density at radius 3 is 1.25 bits per heavy atom. The predicted octanol–water partition coefficient (Wildman–Crippen LogP) is 7.76. The van der Waals surface area contributed by atoms with E-state index < -0.39 is 12.2 Å². The Kier molecular flexibility index (Phi) is 12.0. The van der Waals surface area contributed by atoms with Crippen molar-refractivity contribution in [2.24, 2.45) is 0 Å². The highest BCUT2D eigenvalue weighted by molar-refractivity contribution is 7.10. The smallest absolute Gasteiger partial charge is 0.410 e. The Hall–Kier alpha value is -3.91. The first-order valence-corrected chi connectivity index (χ1v) is 17.3. The Morgan fingerprint density at radius 1 is 0.568 bits per heavy atom. The van der Waals surface area contributed by atoms with Crippen molar-refractivity contribution in [1.82, 2.24) is 14.8 Å². The van der Waals surface area contributed by atoms with Crippen LogP contribution in [0.3, 0.4) is 0 Å². The minimum Gasteiger partial charge on any atom is -0.488 e. The molecule has 0 bridgehead atoms. The predicted molar refractivity (Wildman–Crippen MR) is 174 cm³/mol. The minimum atomic E-state index is -0.399. The molecule has 230 valence electrons. The number of carbonyl (C=O) groups is 2. The number of carbonyl (C=O) groups excluding carboxylic acids is 2. The number of hydrogen-bond acceptors (Lipinski definition) is 11. The molecule has 5 rings (SSSR count). The first-order chi connectivity index (χ1) is 21.6. The highest BCUT2D eigenvalue weighted by atomic mass is 32.1. The zero-order valence-corrected chi connectivity index (χ0v) is 27.0. The van der Waals surface area contributed by atoms with Crippen molar-refractivity contribution < 1.29 is 28.5 Å². The average molecular weight is 670 g/mol. The summed E-state index contributed by atoms with van der Waals surface area (Å²) in [5.41, 5.74) is 0. The van der Waals surface area contributed by atoms with Crippen LogP contribution in [0.4, 0.5) is 9.59 Å². The molecular formula is C31H31N3O6S4. The molecule has 0 aliphatic heterocycles. The maximum Gasteiger partial charge on any atom is 0.410 e. The molecule has 0 unspecified atom stereocenters. The summed E-state index contributed by atoms with van der Waals surface area (Å²) in [6.07, 6.45) is 2.32. The summed E-state index contributed by atoms with van der Waals surface area (Å²) in [7, 11) is 0. The number of pyridine rings is 1. The summed E-state index contributed by atoms with van der Waals surface area (Å²) in [5, 5.41) is 7.96. The summed E-state index contributed by atoms with van der Waals surface area (Å²) >= 11 is 6.41. The van der Waals surface area contributed by atoms with Crippen molar-refractivity contribution in [3.05, 3.63) is 108 Å². The fraction of sp³-hybridized carbons (Fsp3) is 0.258. The van der Waals surface area contributed by atoms with E-state index in [2.05, 4.69) is 4.98 Å². The zero-order chi connectivity index (χ0) is 30.4. The number of thiophene rings is 4. The molecule has 9 nitrogen and oxygen atoms in total. The third-order valence-corrected chi connectivity index (χ3v) is 9.51. The molecule has 13 heteroatoms. The SMILES string of the molecule is O=C(OCCOc1cncc(OCCOC(=O)N(Cc2cccs2)Cc2cccs2)c1)N(Cc1cccs1)Cc1cccs1. The molecule has 0 aliphatic rings. The molecule has 5 aromatic heterocycles. The van der Waals surface area contributed by atoms with Crippen LogP contribution in [0.25, 0.3) is 0 Å². The van der Waals surface area contributed by atoms with Crippen molar-refractivity contribution in [2.45, 2.75) is 26.2 Å². The van der Waals surface area contributed by atoms with E-state index in [0.717, 1.165) is 19.5 Å². The summed E-state index contributed by atoms with van der Waals surface area (Å²) < 4.78 is 22.5. The van der Waals surface area contributed by atoms with Gasteiger partial charge in [-0.15, -0.1) is 45.3 Å². The fourth-order valence-electron chi connectivity index (χ4n) is 4.05. The third kappa shape index (κ3) is 10.1. The monoisotopic (exact) mass is 669 g/mol. The maximum absolute atomic E-state index is 12.8. The lowest BCUT2D eigenvalue weighted by atomic mass is 10.4. The number of aromatic nitrogens is 1. The molecule has 0 atom stereocenters. The molecule has 0 saturated heterocycles. The molecule has 44 heavy (non-hydrogen) atoms. The third-order valence-electron chi connectivity index (χ3n) is 6.07. The topological polar surface area (TPSA) is 90.4 Å². The first-order valence-electron chi connectivity index (χ1n) is 13.8. The second-order valence-electron chi connectivity index (χ2n) is 9.31. The summed E-state index contributed by atoms with van der Waals surface area (Å²) in [6, 6.07) is 17.6. The van der Waals surface area contributed by atoms with Gasteiger partial charge in [0.2, 0.25) is 0 Å². The van der Waals surface area contributed by atoms with Crippen molar-refractivity contribution in [2.75, 3.05) is 26.4 Å². The van der Waals surface area contributed by atoms with E-state index in [1.54, 1.807) is 73.6 Å². The highest BCUT2D eigenvalue weighted by Crippen LogP contribution is 2.21. The van der Waals surface area contributed by atoms with Gasteiger partial charge >= 0.3 is 12.2 Å². The van der Waals surface area contributed by atoms with Gasteiger partial charge in [0.15, 0.2) is 0 Å². The van der Waals surface area contributed by atoms with E-state index in [1.807, 2.05) is 70.1 Å². The van der Waals surface area contributed by atoms with Gasteiger partial charge in [0.25, 0.3) is 0 Å². The van der Waals surface area contributed by atoms with Crippen LogP contribution >= 0.6 is 45.3 Å². The Bertz CT molecular complexity index is 1340. The molecular weight excluding hydrogens is 639 g/mol. The van der Waals surface area contributed by atoms with Crippen LogP contribution in [-0.2, 0) is 35.7 Å². The lowest BCUT2D eigenvalue weighted by Crippen LogP contribution is -2.31.